The lowest BCUT2D eigenvalue weighted by Gasteiger charge is -2.32. The van der Waals surface area contributed by atoms with Crippen LogP contribution in [0.4, 0.5) is 10.1 Å². The van der Waals surface area contributed by atoms with Crippen LogP contribution >= 0.6 is 11.6 Å². The molecule has 0 bridgehead atoms. The zero-order chi connectivity index (χ0) is 24.8. The van der Waals surface area contributed by atoms with Gasteiger partial charge >= 0.3 is 0 Å². The Balaban J connectivity index is 2.40. The molecule has 1 unspecified atom stereocenters. The molecule has 2 amide bonds. The lowest BCUT2D eigenvalue weighted by atomic mass is 10.1. The fourth-order valence-electron chi connectivity index (χ4n) is 3.21. The van der Waals surface area contributed by atoms with E-state index in [-0.39, 0.29) is 18.1 Å². The molecule has 0 radical (unpaired) electrons. The fourth-order valence-corrected chi connectivity index (χ4v) is 4.28. The highest BCUT2D eigenvalue weighted by molar-refractivity contribution is 7.92. The molecule has 180 valence electrons. The first-order valence-corrected chi connectivity index (χ1v) is 12.7. The van der Waals surface area contributed by atoms with Gasteiger partial charge in [0.1, 0.15) is 18.4 Å². The number of hydrogen-bond acceptors (Lipinski definition) is 4. The molecule has 0 saturated carbocycles. The summed E-state index contributed by atoms with van der Waals surface area (Å²) in [6, 6.07) is 9.45. The van der Waals surface area contributed by atoms with Gasteiger partial charge in [0.25, 0.3) is 0 Å². The molecule has 0 spiro atoms. The van der Waals surface area contributed by atoms with Gasteiger partial charge in [-0.3, -0.25) is 13.9 Å². The van der Waals surface area contributed by atoms with E-state index in [4.69, 9.17) is 11.6 Å². The summed E-state index contributed by atoms with van der Waals surface area (Å²) >= 11 is 6.07. The summed E-state index contributed by atoms with van der Waals surface area (Å²) in [7, 11) is -3.85. The first-order chi connectivity index (χ1) is 15.4. The summed E-state index contributed by atoms with van der Waals surface area (Å²) in [5, 5.41) is 3.08. The van der Waals surface area contributed by atoms with Crippen LogP contribution in [0.2, 0.25) is 5.02 Å². The minimum absolute atomic E-state index is 0.00591. The summed E-state index contributed by atoms with van der Waals surface area (Å²) in [5.74, 6) is -1.37. The number of amides is 2. The summed E-state index contributed by atoms with van der Waals surface area (Å²) in [4.78, 5) is 27.3. The molecule has 2 aromatic rings. The summed E-state index contributed by atoms with van der Waals surface area (Å²) in [6.45, 7) is 5.12. The maximum atomic E-state index is 13.4. The van der Waals surface area contributed by atoms with Gasteiger partial charge in [0, 0.05) is 18.1 Å². The predicted molar refractivity (Wildman–Crippen MR) is 128 cm³/mol. The van der Waals surface area contributed by atoms with Crippen molar-refractivity contribution < 1.29 is 22.4 Å². The highest BCUT2D eigenvalue weighted by Crippen LogP contribution is 2.26. The van der Waals surface area contributed by atoms with Crippen molar-refractivity contribution in [1.82, 2.24) is 10.2 Å². The normalized spacial score (nSPS) is 12.2. The van der Waals surface area contributed by atoms with Gasteiger partial charge in [-0.15, -0.1) is 0 Å². The summed E-state index contributed by atoms with van der Waals surface area (Å²) in [6.07, 6.45) is 1.72. The van der Waals surface area contributed by atoms with E-state index in [1.54, 1.807) is 26.0 Å². The topological polar surface area (TPSA) is 86.8 Å². The Kier molecular flexibility index (Phi) is 9.25. The van der Waals surface area contributed by atoms with Crippen molar-refractivity contribution in [3.05, 3.63) is 64.4 Å². The number of nitrogens with one attached hydrogen (secondary N) is 1. The number of anilines is 1. The van der Waals surface area contributed by atoms with Crippen LogP contribution in [0.25, 0.3) is 0 Å². The smallest absolute Gasteiger partial charge is 0.244 e. The van der Waals surface area contributed by atoms with E-state index in [1.165, 1.54) is 35.2 Å². The number of halogens is 2. The second-order valence-electron chi connectivity index (χ2n) is 7.82. The third-order valence-electron chi connectivity index (χ3n) is 5.10. The molecule has 10 heteroatoms. The van der Waals surface area contributed by atoms with Gasteiger partial charge in [-0.05, 0) is 55.7 Å². The Labute approximate surface area is 199 Å². The van der Waals surface area contributed by atoms with Crippen LogP contribution < -0.4 is 9.62 Å². The van der Waals surface area contributed by atoms with Gasteiger partial charge in [-0.25, -0.2) is 12.8 Å². The Morgan fingerprint density at radius 1 is 1.15 bits per heavy atom. The average Bonchev–Trinajstić information content (AvgIpc) is 2.75. The van der Waals surface area contributed by atoms with Gasteiger partial charge in [-0.1, -0.05) is 36.7 Å². The molecule has 0 heterocycles. The Morgan fingerprint density at radius 2 is 1.79 bits per heavy atom. The molecular formula is C23H29ClFN3O4S. The molecule has 0 fully saturated rings. The second-order valence-corrected chi connectivity index (χ2v) is 10.2. The lowest BCUT2D eigenvalue weighted by Crippen LogP contribution is -2.51. The third-order valence-corrected chi connectivity index (χ3v) is 6.46. The molecular weight excluding hydrogens is 469 g/mol. The van der Waals surface area contributed by atoms with E-state index in [1.807, 2.05) is 6.92 Å². The van der Waals surface area contributed by atoms with E-state index in [0.29, 0.717) is 22.7 Å². The number of carbonyl (C=O) groups is 2. The van der Waals surface area contributed by atoms with Crippen molar-refractivity contribution >= 4 is 39.1 Å². The van der Waals surface area contributed by atoms with Crippen molar-refractivity contribution in [2.24, 2.45) is 0 Å². The zero-order valence-electron chi connectivity index (χ0n) is 19.1. The van der Waals surface area contributed by atoms with Crippen molar-refractivity contribution in [2.45, 2.75) is 39.8 Å². The van der Waals surface area contributed by atoms with Crippen LogP contribution in [0.5, 0.6) is 0 Å². The molecule has 0 saturated heterocycles. The molecule has 0 aliphatic heterocycles. The van der Waals surface area contributed by atoms with E-state index in [9.17, 15) is 22.4 Å². The lowest BCUT2D eigenvalue weighted by molar-refractivity contribution is -0.139. The van der Waals surface area contributed by atoms with E-state index >= 15 is 0 Å². The molecule has 0 aliphatic rings. The number of carbonyl (C=O) groups excluding carboxylic acids is 2. The maximum Gasteiger partial charge on any atom is 0.244 e. The number of sulfonamides is 1. The van der Waals surface area contributed by atoms with Crippen molar-refractivity contribution in [3.63, 3.8) is 0 Å². The summed E-state index contributed by atoms with van der Waals surface area (Å²) < 4.78 is 39.5. The van der Waals surface area contributed by atoms with Crippen LogP contribution in [-0.2, 0) is 26.2 Å². The van der Waals surface area contributed by atoms with Gasteiger partial charge in [0.15, 0.2) is 0 Å². The zero-order valence-corrected chi connectivity index (χ0v) is 20.7. The number of aryl methyl sites for hydroxylation is 1. The molecule has 2 rings (SSSR count). The minimum atomic E-state index is -3.85. The van der Waals surface area contributed by atoms with Crippen LogP contribution in [0.1, 0.15) is 31.4 Å². The Hall–Kier alpha value is -2.65. The molecule has 33 heavy (non-hydrogen) atoms. The molecule has 1 atom stereocenters. The second kappa shape index (κ2) is 11.5. The third kappa shape index (κ3) is 7.43. The van der Waals surface area contributed by atoms with Crippen molar-refractivity contribution in [1.29, 1.82) is 0 Å². The van der Waals surface area contributed by atoms with Crippen LogP contribution in [0.3, 0.4) is 0 Å². The number of rotatable bonds is 10. The summed E-state index contributed by atoms with van der Waals surface area (Å²) in [5.41, 5.74) is 1.50. The number of hydrogen-bond donors (Lipinski definition) is 1. The van der Waals surface area contributed by atoms with Crippen molar-refractivity contribution in [3.8, 4) is 0 Å². The van der Waals surface area contributed by atoms with E-state index in [0.717, 1.165) is 17.0 Å². The number of benzene rings is 2. The minimum Gasteiger partial charge on any atom is -0.354 e. The van der Waals surface area contributed by atoms with E-state index < -0.39 is 34.3 Å². The molecule has 0 aromatic heterocycles. The van der Waals surface area contributed by atoms with E-state index in [2.05, 4.69) is 5.32 Å². The van der Waals surface area contributed by atoms with Gasteiger partial charge in [0.2, 0.25) is 21.8 Å². The van der Waals surface area contributed by atoms with Crippen molar-refractivity contribution in [2.75, 3.05) is 23.7 Å². The van der Waals surface area contributed by atoms with Gasteiger partial charge < -0.3 is 10.2 Å². The van der Waals surface area contributed by atoms with Crippen LogP contribution in [0, 0.1) is 12.7 Å². The molecule has 1 N–H and O–H groups in total. The maximum absolute atomic E-state index is 13.4. The van der Waals surface area contributed by atoms with Crippen LogP contribution in [0.15, 0.2) is 42.5 Å². The average molecular weight is 498 g/mol. The number of nitrogens with zero attached hydrogens (tertiary/aromatic N) is 2. The predicted octanol–water partition coefficient (Wildman–Crippen LogP) is 3.50. The largest absolute Gasteiger partial charge is 0.354 e. The quantitative estimate of drug-likeness (QED) is 0.544. The SMILES string of the molecule is CCCNC(=O)C(C)N(Cc1ccc(F)cc1)C(=O)CN(c1cc(Cl)ccc1C)S(C)(=O)=O. The first kappa shape index (κ1) is 26.6. The van der Waals surface area contributed by atoms with Gasteiger partial charge in [0.05, 0.1) is 11.9 Å². The monoisotopic (exact) mass is 497 g/mol. The van der Waals surface area contributed by atoms with Crippen LogP contribution in [-0.4, -0.2) is 50.5 Å². The Bertz CT molecular complexity index is 1090. The Morgan fingerprint density at radius 3 is 2.36 bits per heavy atom. The fraction of sp³-hybridized carbons (Fsp3) is 0.391. The molecule has 7 nitrogen and oxygen atoms in total. The first-order valence-electron chi connectivity index (χ1n) is 10.5. The standard InChI is InChI=1S/C23H29ClFN3O4S/c1-5-12-26-23(30)17(3)27(14-18-7-10-20(25)11-8-18)22(29)15-28(33(4,31)32)21-13-19(24)9-6-16(21)2/h6-11,13,17H,5,12,14-15H2,1-4H3,(H,26,30). The molecule has 2 aromatic carbocycles. The highest BCUT2D eigenvalue weighted by Gasteiger charge is 2.30. The van der Waals surface area contributed by atoms with Gasteiger partial charge in [-0.2, -0.15) is 0 Å². The highest BCUT2D eigenvalue weighted by atomic mass is 35.5. The molecule has 0 aliphatic carbocycles.